The van der Waals surface area contributed by atoms with Crippen molar-refractivity contribution in [3.63, 3.8) is 0 Å². The van der Waals surface area contributed by atoms with Crippen LogP contribution in [0.4, 0.5) is 0 Å². The van der Waals surface area contributed by atoms with Crippen LogP contribution in [0.25, 0.3) is 0 Å². The molecule has 0 aliphatic heterocycles. The van der Waals surface area contributed by atoms with Crippen molar-refractivity contribution in [2.45, 2.75) is 38.4 Å². The van der Waals surface area contributed by atoms with Gasteiger partial charge in [0.2, 0.25) is 8.32 Å². The van der Waals surface area contributed by atoms with Gasteiger partial charge in [0.25, 0.3) is 0 Å². The standard InChI is InChI=1S/C17H25NO3Si/c1-13(21-22(2,3)4)18-12-16-11-15(14-5-6-14)7-8-17(16)20-10-9-19/h7-8,11-12,14,19H,1,5-6,9-10H2,2-4H3/b18-12+. The van der Waals surface area contributed by atoms with Gasteiger partial charge in [0.05, 0.1) is 6.61 Å². The molecule has 2 rings (SSSR count). The van der Waals surface area contributed by atoms with Crippen LogP contribution in [0.2, 0.25) is 19.6 Å². The van der Waals surface area contributed by atoms with Gasteiger partial charge in [0, 0.05) is 11.8 Å². The number of aliphatic imine (C=N–C) groups is 1. The summed E-state index contributed by atoms with van der Waals surface area (Å²) in [5.41, 5.74) is 2.22. The van der Waals surface area contributed by atoms with E-state index in [2.05, 4.69) is 43.3 Å². The second kappa shape index (κ2) is 7.11. The van der Waals surface area contributed by atoms with E-state index >= 15 is 0 Å². The Morgan fingerprint density at radius 1 is 1.41 bits per heavy atom. The third-order valence-corrected chi connectivity index (χ3v) is 4.05. The van der Waals surface area contributed by atoms with Crippen LogP contribution in [-0.2, 0) is 4.43 Å². The lowest BCUT2D eigenvalue weighted by Gasteiger charge is -2.18. The molecule has 0 aromatic heterocycles. The summed E-state index contributed by atoms with van der Waals surface area (Å²) < 4.78 is 11.3. The van der Waals surface area contributed by atoms with E-state index in [1.165, 1.54) is 18.4 Å². The predicted molar refractivity (Wildman–Crippen MR) is 92.2 cm³/mol. The molecule has 1 saturated carbocycles. The summed E-state index contributed by atoms with van der Waals surface area (Å²) >= 11 is 0. The smallest absolute Gasteiger partial charge is 0.244 e. The van der Waals surface area contributed by atoms with Crippen molar-refractivity contribution in [3.8, 4) is 5.75 Å². The van der Waals surface area contributed by atoms with Crippen LogP contribution in [-0.4, -0.2) is 32.9 Å². The van der Waals surface area contributed by atoms with E-state index in [1.807, 2.05) is 6.07 Å². The molecule has 1 aliphatic rings. The molecule has 1 N–H and O–H groups in total. The Kier molecular flexibility index (Phi) is 5.42. The highest BCUT2D eigenvalue weighted by Crippen LogP contribution is 2.41. The van der Waals surface area contributed by atoms with Crippen molar-refractivity contribution in [1.29, 1.82) is 0 Å². The number of ether oxygens (including phenoxy) is 1. The fourth-order valence-corrected chi connectivity index (χ4v) is 2.91. The minimum atomic E-state index is -1.69. The lowest BCUT2D eigenvalue weighted by atomic mass is 10.1. The molecule has 0 saturated heterocycles. The van der Waals surface area contributed by atoms with Gasteiger partial charge in [0.15, 0.2) is 5.88 Å². The fraction of sp³-hybridized carbons (Fsp3) is 0.471. The van der Waals surface area contributed by atoms with Gasteiger partial charge in [-0.15, -0.1) is 0 Å². The Morgan fingerprint density at radius 2 is 2.14 bits per heavy atom. The molecule has 1 aromatic carbocycles. The van der Waals surface area contributed by atoms with Crippen LogP contribution in [0.15, 0.2) is 35.7 Å². The van der Waals surface area contributed by atoms with Gasteiger partial charge in [0.1, 0.15) is 12.4 Å². The van der Waals surface area contributed by atoms with Gasteiger partial charge in [-0.3, -0.25) is 0 Å². The molecule has 0 bridgehead atoms. The number of benzene rings is 1. The summed E-state index contributed by atoms with van der Waals surface area (Å²) in [6, 6.07) is 6.15. The summed E-state index contributed by atoms with van der Waals surface area (Å²) in [6.45, 7) is 10.4. The molecule has 0 radical (unpaired) electrons. The zero-order valence-corrected chi connectivity index (χ0v) is 14.6. The number of nitrogens with zero attached hydrogens (tertiary/aromatic N) is 1. The molecule has 1 aromatic rings. The van der Waals surface area contributed by atoms with Crippen molar-refractivity contribution in [1.82, 2.24) is 0 Å². The van der Waals surface area contributed by atoms with Crippen LogP contribution in [0.1, 0.15) is 29.9 Å². The van der Waals surface area contributed by atoms with E-state index in [0.29, 0.717) is 11.8 Å². The third kappa shape index (κ3) is 5.31. The van der Waals surface area contributed by atoms with Crippen LogP contribution < -0.4 is 4.74 Å². The molecular weight excluding hydrogens is 294 g/mol. The zero-order valence-electron chi connectivity index (χ0n) is 13.6. The van der Waals surface area contributed by atoms with Gasteiger partial charge >= 0.3 is 0 Å². The van der Waals surface area contributed by atoms with Gasteiger partial charge in [-0.25, -0.2) is 4.99 Å². The Balaban J connectivity index is 2.15. The van der Waals surface area contributed by atoms with E-state index in [4.69, 9.17) is 14.3 Å². The van der Waals surface area contributed by atoms with Crippen LogP contribution in [0.5, 0.6) is 5.75 Å². The molecule has 5 heteroatoms. The van der Waals surface area contributed by atoms with Crippen LogP contribution >= 0.6 is 0 Å². The minimum Gasteiger partial charge on any atom is -0.532 e. The molecule has 0 spiro atoms. The van der Waals surface area contributed by atoms with E-state index in [0.717, 1.165) is 11.3 Å². The highest BCUT2D eigenvalue weighted by atomic mass is 28.4. The Morgan fingerprint density at radius 3 is 2.73 bits per heavy atom. The van der Waals surface area contributed by atoms with E-state index in [9.17, 15) is 0 Å². The SMILES string of the molecule is C=C(/N=C/c1cc(C2CC2)ccc1OCCO)O[Si](C)(C)C. The lowest BCUT2D eigenvalue weighted by molar-refractivity contribution is 0.201. The quantitative estimate of drug-likeness (QED) is 0.452. The molecule has 1 aliphatic carbocycles. The average molecular weight is 319 g/mol. The first kappa shape index (κ1) is 16.8. The van der Waals surface area contributed by atoms with Crippen molar-refractivity contribution in [3.05, 3.63) is 41.8 Å². The summed E-state index contributed by atoms with van der Waals surface area (Å²) in [4.78, 5) is 4.32. The molecule has 0 heterocycles. The molecule has 4 nitrogen and oxygen atoms in total. The van der Waals surface area contributed by atoms with E-state index in [-0.39, 0.29) is 13.2 Å². The first-order valence-corrected chi connectivity index (χ1v) is 11.1. The molecule has 0 atom stereocenters. The zero-order chi connectivity index (χ0) is 16.2. The molecule has 1 fully saturated rings. The predicted octanol–water partition coefficient (Wildman–Crippen LogP) is 3.68. The Bertz CT molecular complexity index is 560. The molecule has 0 unspecified atom stereocenters. The third-order valence-electron chi connectivity index (χ3n) is 3.20. The number of hydrogen-bond donors (Lipinski definition) is 1. The van der Waals surface area contributed by atoms with Crippen LogP contribution in [0.3, 0.4) is 0 Å². The maximum Gasteiger partial charge on any atom is 0.244 e. The number of hydrogen-bond acceptors (Lipinski definition) is 4. The minimum absolute atomic E-state index is 0.00754. The second-order valence-electron chi connectivity index (χ2n) is 6.51. The average Bonchev–Trinajstić information content (AvgIpc) is 3.26. The van der Waals surface area contributed by atoms with Crippen molar-refractivity contribution in [2.24, 2.45) is 4.99 Å². The topological polar surface area (TPSA) is 51.0 Å². The van der Waals surface area contributed by atoms with Crippen molar-refractivity contribution >= 4 is 14.5 Å². The summed E-state index contributed by atoms with van der Waals surface area (Å²) in [5.74, 6) is 1.83. The normalized spacial score (nSPS) is 15.1. The van der Waals surface area contributed by atoms with Gasteiger partial charge in [-0.05, 0) is 62.7 Å². The first-order chi connectivity index (χ1) is 10.4. The van der Waals surface area contributed by atoms with Gasteiger partial charge in [-0.1, -0.05) is 6.07 Å². The van der Waals surface area contributed by atoms with Crippen LogP contribution in [0, 0.1) is 0 Å². The number of rotatable bonds is 8. The first-order valence-electron chi connectivity index (χ1n) is 7.68. The van der Waals surface area contributed by atoms with Gasteiger partial charge in [-0.2, -0.15) is 0 Å². The maximum absolute atomic E-state index is 8.93. The molecular formula is C17H25NO3Si. The Labute approximate surface area is 133 Å². The monoisotopic (exact) mass is 319 g/mol. The molecule has 0 amide bonds. The number of aliphatic hydroxyl groups excluding tert-OH is 1. The van der Waals surface area contributed by atoms with E-state index < -0.39 is 8.32 Å². The van der Waals surface area contributed by atoms with Gasteiger partial charge < -0.3 is 14.3 Å². The van der Waals surface area contributed by atoms with Crippen molar-refractivity contribution < 1.29 is 14.3 Å². The highest BCUT2D eigenvalue weighted by molar-refractivity contribution is 6.70. The highest BCUT2D eigenvalue weighted by Gasteiger charge is 2.24. The summed E-state index contributed by atoms with van der Waals surface area (Å²) in [6.07, 6.45) is 4.23. The fourth-order valence-electron chi connectivity index (χ4n) is 2.15. The number of aliphatic hydroxyl groups is 1. The maximum atomic E-state index is 8.93. The molecule has 22 heavy (non-hydrogen) atoms. The van der Waals surface area contributed by atoms with E-state index in [1.54, 1.807) is 6.21 Å². The second-order valence-corrected chi connectivity index (χ2v) is 10.9. The largest absolute Gasteiger partial charge is 0.532 e. The summed E-state index contributed by atoms with van der Waals surface area (Å²) in [7, 11) is -1.69. The molecule has 120 valence electrons. The lowest BCUT2D eigenvalue weighted by Crippen LogP contribution is -2.24. The summed E-state index contributed by atoms with van der Waals surface area (Å²) in [5, 5.41) is 8.93. The Hall–Kier alpha value is -1.59. The van der Waals surface area contributed by atoms with Crippen molar-refractivity contribution in [2.75, 3.05) is 13.2 Å².